The van der Waals surface area contributed by atoms with E-state index in [9.17, 15) is 14.4 Å². The Labute approximate surface area is 158 Å². The number of carbonyl (C=O) groups is 3. The van der Waals surface area contributed by atoms with Gasteiger partial charge in [-0.3, -0.25) is 14.5 Å². The second-order valence-corrected chi connectivity index (χ2v) is 7.41. The molecule has 6 nitrogen and oxygen atoms in total. The summed E-state index contributed by atoms with van der Waals surface area (Å²) >= 11 is 0. The zero-order chi connectivity index (χ0) is 19.0. The zero-order valence-corrected chi connectivity index (χ0v) is 15.4. The van der Waals surface area contributed by atoms with Crippen LogP contribution in [0, 0.1) is 0 Å². The van der Waals surface area contributed by atoms with E-state index < -0.39 is 11.6 Å². The van der Waals surface area contributed by atoms with E-state index in [0.29, 0.717) is 13.1 Å². The van der Waals surface area contributed by atoms with E-state index in [0.717, 1.165) is 40.5 Å². The quantitative estimate of drug-likeness (QED) is 0.850. The number of likely N-dealkylation sites (tertiary alicyclic amines) is 1. The SMILES string of the molecule is C[C@]1(c2cccc3ccccc23)NC(=O)N(CC(=O)N2CCCCC2)C1=O. The molecule has 0 aromatic heterocycles. The summed E-state index contributed by atoms with van der Waals surface area (Å²) in [7, 11) is 0. The van der Waals surface area contributed by atoms with Gasteiger partial charge < -0.3 is 10.2 Å². The van der Waals surface area contributed by atoms with Crippen LogP contribution in [0.1, 0.15) is 31.7 Å². The van der Waals surface area contributed by atoms with E-state index in [4.69, 9.17) is 0 Å². The first-order valence-corrected chi connectivity index (χ1v) is 9.41. The molecule has 2 aromatic rings. The molecule has 6 heteroatoms. The summed E-state index contributed by atoms with van der Waals surface area (Å²) in [6, 6.07) is 13.0. The van der Waals surface area contributed by atoms with Crippen LogP contribution in [0.4, 0.5) is 4.79 Å². The summed E-state index contributed by atoms with van der Waals surface area (Å²) in [4.78, 5) is 41.1. The molecular formula is C21H23N3O3. The molecule has 2 aliphatic rings. The predicted molar refractivity (Wildman–Crippen MR) is 102 cm³/mol. The molecule has 4 rings (SSSR count). The summed E-state index contributed by atoms with van der Waals surface area (Å²) in [6.07, 6.45) is 3.06. The molecule has 140 valence electrons. The van der Waals surface area contributed by atoms with Gasteiger partial charge in [-0.05, 0) is 42.5 Å². The number of hydrogen-bond acceptors (Lipinski definition) is 3. The Morgan fingerprint density at radius 1 is 1.04 bits per heavy atom. The van der Waals surface area contributed by atoms with Gasteiger partial charge in [-0.25, -0.2) is 4.79 Å². The second-order valence-electron chi connectivity index (χ2n) is 7.41. The van der Waals surface area contributed by atoms with Gasteiger partial charge in [-0.1, -0.05) is 42.5 Å². The number of piperidine rings is 1. The topological polar surface area (TPSA) is 69.7 Å². The van der Waals surface area contributed by atoms with Crippen molar-refractivity contribution >= 4 is 28.6 Å². The maximum absolute atomic E-state index is 13.2. The molecule has 2 fully saturated rings. The summed E-state index contributed by atoms with van der Waals surface area (Å²) < 4.78 is 0. The summed E-state index contributed by atoms with van der Waals surface area (Å²) in [5.41, 5.74) is -0.438. The lowest BCUT2D eigenvalue weighted by Gasteiger charge is -2.28. The Kier molecular flexibility index (Phi) is 4.34. The van der Waals surface area contributed by atoms with Crippen molar-refractivity contribution in [2.45, 2.75) is 31.7 Å². The van der Waals surface area contributed by atoms with E-state index in [1.807, 2.05) is 42.5 Å². The molecule has 2 saturated heterocycles. The van der Waals surface area contributed by atoms with Gasteiger partial charge in [0.2, 0.25) is 5.91 Å². The van der Waals surface area contributed by atoms with E-state index in [1.165, 1.54) is 0 Å². The first kappa shape index (κ1) is 17.5. The van der Waals surface area contributed by atoms with Crippen LogP contribution >= 0.6 is 0 Å². The Bertz CT molecular complexity index is 915. The van der Waals surface area contributed by atoms with E-state index in [1.54, 1.807) is 11.8 Å². The van der Waals surface area contributed by atoms with Gasteiger partial charge in [0.05, 0.1) is 0 Å². The van der Waals surface area contributed by atoms with Crippen molar-refractivity contribution < 1.29 is 14.4 Å². The number of benzene rings is 2. The first-order chi connectivity index (χ1) is 13.0. The predicted octanol–water partition coefficient (Wildman–Crippen LogP) is 2.62. The number of carbonyl (C=O) groups excluding carboxylic acids is 3. The summed E-state index contributed by atoms with van der Waals surface area (Å²) in [5.74, 6) is -0.547. The van der Waals surface area contributed by atoms with Crippen molar-refractivity contribution in [1.29, 1.82) is 0 Å². The molecule has 0 bridgehead atoms. The number of nitrogens with one attached hydrogen (secondary N) is 1. The zero-order valence-electron chi connectivity index (χ0n) is 15.4. The molecular weight excluding hydrogens is 342 g/mol. The minimum atomic E-state index is -1.18. The highest BCUT2D eigenvalue weighted by molar-refractivity contribution is 6.10. The van der Waals surface area contributed by atoms with Crippen LogP contribution in [-0.2, 0) is 15.1 Å². The number of hydrogen-bond donors (Lipinski definition) is 1. The van der Waals surface area contributed by atoms with Gasteiger partial charge in [-0.15, -0.1) is 0 Å². The van der Waals surface area contributed by atoms with Crippen molar-refractivity contribution in [2.75, 3.05) is 19.6 Å². The molecule has 1 atom stereocenters. The molecule has 0 spiro atoms. The fraction of sp³-hybridized carbons (Fsp3) is 0.381. The molecule has 4 amide bonds. The number of amides is 4. The van der Waals surface area contributed by atoms with E-state index >= 15 is 0 Å². The molecule has 0 saturated carbocycles. The smallest absolute Gasteiger partial charge is 0.325 e. The number of fused-ring (bicyclic) bond motifs is 1. The maximum atomic E-state index is 13.2. The average molecular weight is 365 g/mol. The largest absolute Gasteiger partial charge is 0.341 e. The van der Waals surface area contributed by atoms with Gasteiger partial charge >= 0.3 is 6.03 Å². The van der Waals surface area contributed by atoms with Crippen LogP contribution in [0.25, 0.3) is 10.8 Å². The fourth-order valence-electron chi connectivity index (χ4n) is 4.06. The summed E-state index contributed by atoms with van der Waals surface area (Å²) in [6.45, 7) is 2.90. The van der Waals surface area contributed by atoms with Crippen LogP contribution in [-0.4, -0.2) is 47.3 Å². The van der Waals surface area contributed by atoms with Gasteiger partial charge in [0.15, 0.2) is 0 Å². The standard InChI is InChI=1S/C21H23N3O3/c1-21(17-11-7-9-15-8-3-4-10-16(15)17)19(26)24(20(27)22-21)14-18(25)23-12-5-2-6-13-23/h3-4,7-11H,2,5-6,12-14H2,1H3,(H,22,27)/t21-/m1/s1. The highest BCUT2D eigenvalue weighted by Gasteiger charge is 2.50. The third kappa shape index (κ3) is 2.95. The molecule has 0 unspecified atom stereocenters. The van der Waals surface area contributed by atoms with Gasteiger partial charge in [0.25, 0.3) is 5.91 Å². The lowest BCUT2D eigenvalue weighted by atomic mass is 9.88. The van der Waals surface area contributed by atoms with Crippen LogP contribution in [0.2, 0.25) is 0 Å². The third-order valence-electron chi connectivity index (χ3n) is 5.61. The highest BCUT2D eigenvalue weighted by atomic mass is 16.2. The Morgan fingerprint density at radius 3 is 2.52 bits per heavy atom. The van der Waals surface area contributed by atoms with Crippen molar-refractivity contribution in [2.24, 2.45) is 0 Å². The average Bonchev–Trinajstić information content (AvgIpc) is 2.92. The van der Waals surface area contributed by atoms with Crippen molar-refractivity contribution in [1.82, 2.24) is 15.1 Å². The number of rotatable bonds is 3. The van der Waals surface area contributed by atoms with Crippen molar-refractivity contribution in [3.63, 3.8) is 0 Å². The molecule has 0 aliphatic carbocycles. The highest BCUT2D eigenvalue weighted by Crippen LogP contribution is 2.33. The van der Waals surface area contributed by atoms with Crippen molar-refractivity contribution in [3.8, 4) is 0 Å². The molecule has 2 heterocycles. The molecule has 2 aliphatic heterocycles. The second kappa shape index (κ2) is 6.68. The fourth-order valence-corrected chi connectivity index (χ4v) is 4.06. The van der Waals surface area contributed by atoms with Crippen LogP contribution in [0.3, 0.4) is 0 Å². The van der Waals surface area contributed by atoms with Gasteiger partial charge in [-0.2, -0.15) is 0 Å². The van der Waals surface area contributed by atoms with Crippen LogP contribution < -0.4 is 5.32 Å². The molecule has 0 radical (unpaired) electrons. The van der Waals surface area contributed by atoms with E-state index in [2.05, 4.69) is 5.32 Å². The molecule has 1 N–H and O–H groups in total. The Morgan fingerprint density at radius 2 is 1.74 bits per heavy atom. The number of nitrogens with zero attached hydrogens (tertiary/aromatic N) is 2. The first-order valence-electron chi connectivity index (χ1n) is 9.41. The maximum Gasteiger partial charge on any atom is 0.325 e. The minimum absolute atomic E-state index is 0.166. The lowest BCUT2D eigenvalue weighted by Crippen LogP contribution is -2.45. The van der Waals surface area contributed by atoms with Crippen LogP contribution in [0.5, 0.6) is 0 Å². The Hall–Kier alpha value is -2.89. The third-order valence-corrected chi connectivity index (χ3v) is 5.61. The number of imide groups is 1. The monoisotopic (exact) mass is 365 g/mol. The number of urea groups is 1. The van der Waals surface area contributed by atoms with Crippen LogP contribution in [0.15, 0.2) is 42.5 Å². The lowest BCUT2D eigenvalue weighted by molar-refractivity contribution is -0.139. The van der Waals surface area contributed by atoms with E-state index in [-0.39, 0.29) is 18.4 Å². The van der Waals surface area contributed by atoms with Gasteiger partial charge in [0.1, 0.15) is 12.1 Å². The normalized spacial score (nSPS) is 23.0. The van der Waals surface area contributed by atoms with Gasteiger partial charge in [0, 0.05) is 13.1 Å². The Balaban J connectivity index is 1.62. The summed E-state index contributed by atoms with van der Waals surface area (Å²) in [5, 5.41) is 4.73. The molecule has 27 heavy (non-hydrogen) atoms. The minimum Gasteiger partial charge on any atom is -0.341 e. The van der Waals surface area contributed by atoms with Crippen molar-refractivity contribution in [3.05, 3.63) is 48.0 Å². The molecule has 2 aromatic carbocycles.